The van der Waals surface area contributed by atoms with Crippen LogP contribution in [0, 0.1) is 5.92 Å². The number of hydrogen-bond donors (Lipinski definition) is 1. The van der Waals surface area contributed by atoms with E-state index in [9.17, 15) is 0 Å². The Bertz CT molecular complexity index is 336. The van der Waals surface area contributed by atoms with Crippen LogP contribution in [-0.2, 0) is 16.8 Å². The van der Waals surface area contributed by atoms with Gasteiger partial charge in [0, 0.05) is 19.3 Å². The van der Waals surface area contributed by atoms with Gasteiger partial charge in [-0.15, -0.1) is 0 Å². The Morgan fingerprint density at radius 3 is 2.94 bits per heavy atom. The molecule has 1 aliphatic carbocycles. The maximum absolute atomic E-state index is 6.06. The molecule has 0 amide bonds. The Balaban J connectivity index is 1.81. The number of imidazole rings is 1. The lowest BCUT2D eigenvalue weighted by molar-refractivity contribution is 0.116. The lowest BCUT2D eigenvalue weighted by Gasteiger charge is -2.20. The van der Waals surface area contributed by atoms with E-state index in [-0.39, 0.29) is 5.54 Å². The number of ether oxygens (including phenoxy) is 1. The first-order valence-electron chi connectivity index (χ1n) is 5.94. The van der Waals surface area contributed by atoms with Crippen LogP contribution in [0.5, 0.6) is 0 Å². The highest BCUT2D eigenvalue weighted by atomic mass is 16.5. The van der Waals surface area contributed by atoms with Gasteiger partial charge in [-0.3, -0.25) is 0 Å². The Kier molecular flexibility index (Phi) is 3.30. The molecule has 0 aliphatic heterocycles. The molecular formula is C12H21N3O. The molecule has 0 saturated heterocycles. The van der Waals surface area contributed by atoms with Crippen LogP contribution in [0.15, 0.2) is 12.5 Å². The number of aromatic nitrogens is 2. The van der Waals surface area contributed by atoms with Crippen molar-refractivity contribution in [2.24, 2.45) is 11.7 Å². The van der Waals surface area contributed by atoms with E-state index in [1.165, 1.54) is 12.8 Å². The average molecular weight is 223 g/mol. The molecule has 1 heterocycles. The van der Waals surface area contributed by atoms with Crippen LogP contribution in [0.4, 0.5) is 0 Å². The van der Waals surface area contributed by atoms with Crippen molar-refractivity contribution in [1.29, 1.82) is 0 Å². The number of rotatable bonds is 6. The van der Waals surface area contributed by atoms with Crippen LogP contribution in [0.3, 0.4) is 0 Å². The molecule has 0 atom stereocenters. The third kappa shape index (κ3) is 3.06. The minimum absolute atomic E-state index is 0.340. The molecule has 0 unspecified atom stereocenters. The fraction of sp³-hybridized carbons (Fsp3) is 0.750. The molecule has 4 nitrogen and oxygen atoms in total. The largest absolute Gasteiger partial charge is 0.379 e. The molecule has 16 heavy (non-hydrogen) atoms. The molecule has 0 bridgehead atoms. The van der Waals surface area contributed by atoms with Gasteiger partial charge < -0.3 is 15.0 Å². The van der Waals surface area contributed by atoms with E-state index in [0.717, 1.165) is 31.4 Å². The zero-order valence-electron chi connectivity index (χ0n) is 10.1. The first-order valence-corrected chi connectivity index (χ1v) is 5.94. The Hall–Kier alpha value is -0.870. The molecule has 2 rings (SSSR count). The van der Waals surface area contributed by atoms with Crippen LogP contribution < -0.4 is 5.73 Å². The maximum Gasteiger partial charge on any atom is 0.0949 e. The summed E-state index contributed by atoms with van der Waals surface area (Å²) >= 11 is 0. The molecule has 4 heteroatoms. The minimum atomic E-state index is -0.340. The zero-order chi connectivity index (χ0) is 11.6. The smallest absolute Gasteiger partial charge is 0.0949 e. The van der Waals surface area contributed by atoms with Crippen LogP contribution >= 0.6 is 0 Å². The van der Waals surface area contributed by atoms with Gasteiger partial charge in [-0.1, -0.05) is 0 Å². The molecule has 0 radical (unpaired) electrons. The third-order valence-corrected chi connectivity index (χ3v) is 2.90. The van der Waals surface area contributed by atoms with Crippen molar-refractivity contribution in [2.45, 2.75) is 38.8 Å². The van der Waals surface area contributed by atoms with Gasteiger partial charge in [-0.05, 0) is 32.6 Å². The van der Waals surface area contributed by atoms with Crippen LogP contribution in [0.25, 0.3) is 0 Å². The van der Waals surface area contributed by atoms with E-state index in [2.05, 4.69) is 9.55 Å². The van der Waals surface area contributed by atoms with Crippen molar-refractivity contribution in [1.82, 2.24) is 9.55 Å². The highest BCUT2D eigenvalue weighted by molar-refractivity contribution is 5.09. The van der Waals surface area contributed by atoms with E-state index in [1.807, 2.05) is 26.4 Å². The Morgan fingerprint density at radius 1 is 1.56 bits per heavy atom. The predicted octanol–water partition coefficient (Wildman–Crippen LogP) is 1.50. The molecule has 1 aromatic heterocycles. The zero-order valence-corrected chi connectivity index (χ0v) is 10.1. The highest BCUT2D eigenvalue weighted by Crippen LogP contribution is 2.28. The summed E-state index contributed by atoms with van der Waals surface area (Å²) in [6, 6.07) is 0. The molecule has 1 aromatic rings. The van der Waals surface area contributed by atoms with Crippen molar-refractivity contribution >= 4 is 0 Å². The summed E-state index contributed by atoms with van der Waals surface area (Å²) in [6.07, 6.45) is 6.34. The lowest BCUT2D eigenvalue weighted by Crippen LogP contribution is -2.32. The number of nitrogens with two attached hydrogens (primary N) is 1. The van der Waals surface area contributed by atoms with Crippen molar-refractivity contribution in [3.05, 3.63) is 18.2 Å². The SMILES string of the molecule is CC(C)(N)c1cncn1CCOCC1CC1. The van der Waals surface area contributed by atoms with Crippen LogP contribution in [0.2, 0.25) is 0 Å². The van der Waals surface area contributed by atoms with Gasteiger partial charge in [0.2, 0.25) is 0 Å². The van der Waals surface area contributed by atoms with Gasteiger partial charge in [-0.25, -0.2) is 4.98 Å². The molecule has 90 valence electrons. The summed E-state index contributed by atoms with van der Waals surface area (Å²) < 4.78 is 7.69. The molecular weight excluding hydrogens is 202 g/mol. The molecule has 0 spiro atoms. The summed E-state index contributed by atoms with van der Waals surface area (Å²) in [5.41, 5.74) is 6.78. The highest BCUT2D eigenvalue weighted by Gasteiger charge is 2.21. The van der Waals surface area contributed by atoms with E-state index >= 15 is 0 Å². The van der Waals surface area contributed by atoms with Gasteiger partial charge in [0.05, 0.1) is 24.2 Å². The molecule has 1 aliphatic rings. The quantitative estimate of drug-likeness (QED) is 0.744. The van der Waals surface area contributed by atoms with E-state index < -0.39 is 0 Å². The number of hydrogen-bond acceptors (Lipinski definition) is 3. The second-order valence-corrected chi connectivity index (χ2v) is 5.21. The van der Waals surface area contributed by atoms with Crippen molar-refractivity contribution in [3.63, 3.8) is 0 Å². The maximum atomic E-state index is 6.06. The molecule has 0 aromatic carbocycles. The van der Waals surface area contributed by atoms with Gasteiger partial charge in [-0.2, -0.15) is 0 Å². The standard InChI is InChI=1S/C12H21N3O/c1-12(2,13)11-7-14-9-15(11)5-6-16-8-10-3-4-10/h7,9-10H,3-6,8,13H2,1-2H3. The van der Waals surface area contributed by atoms with Crippen LogP contribution in [0.1, 0.15) is 32.4 Å². The van der Waals surface area contributed by atoms with E-state index in [0.29, 0.717) is 0 Å². The third-order valence-electron chi connectivity index (χ3n) is 2.90. The predicted molar refractivity (Wildman–Crippen MR) is 63.0 cm³/mol. The summed E-state index contributed by atoms with van der Waals surface area (Å²) in [6.45, 7) is 6.48. The van der Waals surface area contributed by atoms with Gasteiger partial charge in [0.1, 0.15) is 0 Å². The summed E-state index contributed by atoms with van der Waals surface area (Å²) in [5.74, 6) is 0.827. The van der Waals surface area contributed by atoms with Gasteiger partial charge in [0.25, 0.3) is 0 Å². The first-order chi connectivity index (χ1) is 7.57. The fourth-order valence-corrected chi connectivity index (χ4v) is 1.73. The second-order valence-electron chi connectivity index (χ2n) is 5.21. The van der Waals surface area contributed by atoms with Crippen molar-refractivity contribution in [2.75, 3.05) is 13.2 Å². The average Bonchev–Trinajstić information content (AvgIpc) is 2.88. The van der Waals surface area contributed by atoms with Gasteiger partial charge >= 0.3 is 0 Å². The summed E-state index contributed by atoms with van der Waals surface area (Å²) in [7, 11) is 0. The first kappa shape index (κ1) is 11.6. The fourth-order valence-electron chi connectivity index (χ4n) is 1.73. The van der Waals surface area contributed by atoms with Gasteiger partial charge in [0.15, 0.2) is 0 Å². The minimum Gasteiger partial charge on any atom is -0.379 e. The normalized spacial score (nSPS) is 16.7. The lowest BCUT2D eigenvalue weighted by atomic mass is 10.0. The molecule has 1 saturated carbocycles. The topological polar surface area (TPSA) is 53.1 Å². The molecule has 1 fully saturated rings. The summed E-state index contributed by atoms with van der Waals surface area (Å²) in [4.78, 5) is 4.14. The van der Waals surface area contributed by atoms with Crippen molar-refractivity contribution in [3.8, 4) is 0 Å². The van der Waals surface area contributed by atoms with Crippen LogP contribution in [-0.4, -0.2) is 22.8 Å². The second kappa shape index (κ2) is 4.55. The van der Waals surface area contributed by atoms with Crippen molar-refractivity contribution < 1.29 is 4.74 Å². The Labute approximate surface area is 96.8 Å². The van der Waals surface area contributed by atoms with E-state index in [4.69, 9.17) is 10.5 Å². The summed E-state index contributed by atoms with van der Waals surface area (Å²) in [5, 5.41) is 0. The monoisotopic (exact) mass is 223 g/mol. The molecule has 2 N–H and O–H groups in total. The number of nitrogens with zero attached hydrogens (tertiary/aromatic N) is 2. The Morgan fingerprint density at radius 2 is 2.31 bits per heavy atom. The van der Waals surface area contributed by atoms with E-state index in [1.54, 1.807) is 0 Å².